The molecule has 2 rings (SSSR count). The topological polar surface area (TPSA) is 59.3 Å². The molecule has 0 amide bonds. The summed E-state index contributed by atoms with van der Waals surface area (Å²) in [7, 11) is 1.36. The first-order chi connectivity index (χ1) is 8.24. The number of methoxy groups -OCH3 is 1. The van der Waals surface area contributed by atoms with E-state index < -0.39 is 6.10 Å². The SMILES string of the molecule is COC(=O)C(Oc1ccc(C#N)cc1)C1CC1. The molecule has 4 nitrogen and oxygen atoms in total. The fourth-order valence-electron chi connectivity index (χ4n) is 1.61. The van der Waals surface area contributed by atoms with E-state index in [1.54, 1.807) is 24.3 Å². The van der Waals surface area contributed by atoms with Gasteiger partial charge >= 0.3 is 5.97 Å². The van der Waals surface area contributed by atoms with Crippen LogP contribution in [0.3, 0.4) is 0 Å². The van der Waals surface area contributed by atoms with Crippen LogP contribution in [-0.4, -0.2) is 19.2 Å². The predicted molar refractivity (Wildman–Crippen MR) is 60.3 cm³/mol. The Morgan fingerprint density at radius 1 is 1.41 bits per heavy atom. The summed E-state index contributed by atoms with van der Waals surface area (Å²) in [6.07, 6.45) is 1.47. The molecule has 1 saturated carbocycles. The Hall–Kier alpha value is -2.02. The average Bonchev–Trinajstić information content (AvgIpc) is 3.20. The van der Waals surface area contributed by atoms with Crippen molar-refractivity contribution in [2.75, 3.05) is 7.11 Å². The third kappa shape index (κ3) is 2.76. The molecule has 1 fully saturated rings. The van der Waals surface area contributed by atoms with Gasteiger partial charge in [0, 0.05) is 5.92 Å². The molecular weight excluding hydrogens is 218 g/mol. The Morgan fingerprint density at radius 2 is 2.06 bits per heavy atom. The van der Waals surface area contributed by atoms with E-state index in [9.17, 15) is 4.79 Å². The number of ether oxygens (including phenoxy) is 2. The number of hydrogen-bond donors (Lipinski definition) is 0. The fraction of sp³-hybridized carbons (Fsp3) is 0.385. The molecule has 1 aromatic carbocycles. The molecule has 1 aliphatic rings. The predicted octanol–water partition coefficient (Wildman–Crippen LogP) is 1.89. The van der Waals surface area contributed by atoms with Gasteiger partial charge in [-0.25, -0.2) is 4.79 Å². The van der Waals surface area contributed by atoms with Crippen LogP contribution in [0, 0.1) is 17.2 Å². The largest absolute Gasteiger partial charge is 0.478 e. The van der Waals surface area contributed by atoms with E-state index in [4.69, 9.17) is 14.7 Å². The van der Waals surface area contributed by atoms with Crippen molar-refractivity contribution in [1.29, 1.82) is 5.26 Å². The lowest BCUT2D eigenvalue weighted by Gasteiger charge is -2.16. The maximum atomic E-state index is 11.5. The summed E-state index contributed by atoms with van der Waals surface area (Å²) in [4.78, 5) is 11.5. The van der Waals surface area contributed by atoms with Gasteiger partial charge in [0.15, 0.2) is 6.10 Å². The summed E-state index contributed by atoms with van der Waals surface area (Å²) >= 11 is 0. The zero-order chi connectivity index (χ0) is 12.3. The van der Waals surface area contributed by atoms with Crippen molar-refractivity contribution in [3.63, 3.8) is 0 Å². The first kappa shape index (κ1) is 11.5. The van der Waals surface area contributed by atoms with Gasteiger partial charge in [-0.1, -0.05) is 0 Å². The Morgan fingerprint density at radius 3 is 2.53 bits per heavy atom. The molecule has 0 N–H and O–H groups in total. The van der Waals surface area contributed by atoms with Crippen molar-refractivity contribution in [3.8, 4) is 11.8 Å². The smallest absolute Gasteiger partial charge is 0.347 e. The van der Waals surface area contributed by atoms with Crippen molar-refractivity contribution in [3.05, 3.63) is 29.8 Å². The molecule has 0 spiro atoms. The van der Waals surface area contributed by atoms with Crippen LogP contribution >= 0.6 is 0 Å². The van der Waals surface area contributed by atoms with Crippen molar-refractivity contribution >= 4 is 5.97 Å². The van der Waals surface area contributed by atoms with E-state index >= 15 is 0 Å². The quantitative estimate of drug-likeness (QED) is 0.742. The Labute approximate surface area is 99.8 Å². The van der Waals surface area contributed by atoms with Crippen molar-refractivity contribution in [2.45, 2.75) is 18.9 Å². The van der Waals surface area contributed by atoms with Crippen LogP contribution in [0.2, 0.25) is 0 Å². The molecule has 1 aromatic rings. The second-order valence-corrected chi connectivity index (χ2v) is 4.04. The van der Waals surface area contributed by atoms with Crippen molar-refractivity contribution < 1.29 is 14.3 Å². The molecule has 0 aliphatic heterocycles. The van der Waals surface area contributed by atoms with E-state index in [1.165, 1.54) is 7.11 Å². The summed E-state index contributed by atoms with van der Waals surface area (Å²) in [6, 6.07) is 8.74. The lowest BCUT2D eigenvalue weighted by Crippen LogP contribution is -2.30. The van der Waals surface area contributed by atoms with Gasteiger partial charge in [0.05, 0.1) is 18.7 Å². The first-order valence-corrected chi connectivity index (χ1v) is 5.49. The molecule has 0 aromatic heterocycles. The average molecular weight is 231 g/mol. The number of nitriles is 1. The van der Waals surface area contributed by atoms with Crippen molar-refractivity contribution in [2.24, 2.45) is 5.92 Å². The first-order valence-electron chi connectivity index (χ1n) is 5.49. The highest BCUT2D eigenvalue weighted by molar-refractivity contribution is 5.75. The normalized spacial score (nSPS) is 15.8. The molecule has 0 bridgehead atoms. The maximum Gasteiger partial charge on any atom is 0.347 e. The Bertz CT molecular complexity index is 443. The summed E-state index contributed by atoms with van der Waals surface area (Å²) in [5.74, 6) is 0.515. The fourth-order valence-corrected chi connectivity index (χ4v) is 1.61. The van der Waals surface area contributed by atoms with Gasteiger partial charge in [-0.2, -0.15) is 5.26 Å². The minimum Gasteiger partial charge on any atom is -0.478 e. The molecule has 1 atom stereocenters. The van der Waals surface area contributed by atoms with Crippen LogP contribution in [0.4, 0.5) is 0 Å². The zero-order valence-electron chi connectivity index (χ0n) is 9.55. The minimum atomic E-state index is -0.520. The second-order valence-electron chi connectivity index (χ2n) is 4.04. The lowest BCUT2D eigenvalue weighted by molar-refractivity contribution is -0.149. The highest BCUT2D eigenvalue weighted by Crippen LogP contribution is 2.35. The minimum absolute atomic E-state index is 0.262. The monoisotopic (exact) mass is 231 g/mol. The molecular formula is C13H13NO3. The van der Waals surface area contributed by atoms with Gasteiger partial charge in [-0.15, -0.1) is 0 Å². The van der Waals surface area contributed by atoms with E-state index in [1.807, 2.05) is 6.07 Å². The van der Waals surface area contributed by atoms with Gasteiger partial charge in [-0.05, 0) is 37.1 Å². The molecule has 0 heterocycles. The highest BCUT2D eigenvalue weighted by Gasteiger charge is 2.38. The summed E-state index contributed by atoms with van der Waals surface area (Å²) in [6.45, 7) is 0. The van der Waals surface area contributed by atoms with Crippen LogP contribution in [0.15, 0.2) is 24.3 Å². The van der Waals surface area contributed by atoms with Crippen molar-refractivity contribution in [1.82, 2.24) is 0 Å². The van der Waals surface area contributed by atoms with Crippen LogP contribution in [0.25, 0.3) is 0 Å². The zero-order valence-corrected chi connectivity index (χ0v) is 9.55. The van der Waals surface area contributed by atoms with Crippen LogP contribution in [0.1, 0.15) is 18.4 Å². The molecule has 1 aliphatic carbocycles. The van der Waals surface area contributed by atoms with Gasteiger partial charge < -0.3 is 9.47 Å². The number of rotatable bonds is 4. The number of nitrogens with zero attached hydrogens (tertiary/aromatic N) is 1. The number of hydrogen-bond acceptors (Lipinski definition) is 4. The van der Waals surface area contributed by atoms with Gasteiger partial charge in [0.2, 0.25) is 0 Å². The number of carbonyl (C=O) groups is 1. The molecule has 4 heteroatoms. The standard InChI is InChI=1S/C13H13NO3/c1-16-13(15)12(10-4-5-10)17-11-6-2-9(8-14)3-7-11/h2-3,6-7,10,12H,4-5H2,1H3. The van der Waals surface area contributed by atoms with Crippen LogP contribution < -0.4 is 4.74 Å². The highest BCUT2D eigenvalue weighted by atomic mass is 16.6. The Kier molecular flexibility index (Phi) is 3.29. The van der Waals surface area contributed by atoms with E-state index in [2.05, 4.69) is 0 Å². The summed E-state index contributed by atoms with van der Waals surface area (Å²) < 4.78 is 10.3. The lowest BCUT2D eigenvalue weighted by atomic mass is 10.2. The summed E-state index contributed by atoms with van der Waals surface area (Å²) in [5, 5.41) is 8.67. The molecule has 88 valence electrons. The van der Waals surface area contributed by atoms with E-state index in [-0.39, 0.29) is 11.9 Å². The van der Waals surface area contributed by atoms with Crippen LogP contribution in [0.5, 0.6) is 5.75 Å². The second kappa shape index (κ2) is 4.88. The third-order valence-corrected chi connectivity index (χ3v) is 2.73. The van der Waals surface area contributed by atoms with Crippen LogP contribution in [-0.2, 0) is 9.53 Å². The van der Waals surface area contributed by atoms with E-state index in [0.717, 1.165) is 12.8 Å². The number of esters is 1. The van der Waals surface area contributed by atoms with Gasteiger partial charge in [-0.3, -0.25) is 0 Å². The molecule has 0 radical (unpaired) electrons. The molecule has 0 saturated heterocycles. The number of benzene rings is 1. The number of carbonyl (C=O) groups excluding carboxylic acids is 1. The Balaban J connectivity index is 2.06. The molecule has 17 heavy (non-hydrogen) atoms. The maximum absolute atomic E-state index is 11.5. The third-order valence-electron chi connectivity index (χ3n) is 2.73. The van der Waals surface area contributed by atoms with Gasteiger partial charge in [0.1, 0.15) is 5.75 Å². The van der Waals surface area contributed by atoms with Gasteiger partial charge in [0.25, 0.3) is 0 Å². The summed E-state index contributed by atoms with van der Waals surface area (Å²) in [5.41, 5.74) is 0.568. The van der Waals surface area contributed by atoms with E-state index in [0.29, 0.717) is 11.3 Å². The molecule has 1 unspecified atom stereocenters.